The first-order valence-electron chi connectivity index (χ1n) is 8.65. The monoisotopic (exact) mass is 395 g/mol. The Hall–Kier alpha value is -3.19. The molecule has 1 N–H and O–H groups in total. The van der Waals surface area contributed by atoms with Crippen molar-refractivity contribution in [2.75, 3.05) is 11.6 Å². The molecule has 0 saturated carbocycles. The van der Waals surface area contributed by atoms with Gasteiger partial charge in [-0.3, -0.25) is 4.79 Å². The highest BCUT2D eigenvalue weighted by molar-refractivity contribution is 7.90. The largest absolute Gasteiger partial charge is 0.321 e. The minimum absolute atomic E-state index is 0.0330. The Kier molecular flexibility index (Phi) is 5.46. The van der Waals surface area contributed by atoms with Crippen molar-refractivity contribution in [3.63, 3.8) is 0 Å². The molecule has 0 atom stereocenters. The summed E-state index contributed by atoms with van der Waals surface area (Å²) in [6.07, 6.45) is 5.61. The van der Waals surface area contributed by atoms with Gasteiger partial charge in [-0.25, -0.2) is 13.4 Å². The molecule has 2 heterocycles. The molecular formula is C21H21N3O3S. The van der Waals surface area contributed by atoms with Crippen LogP contribution in [0, 0.1) is 13.8 Å². The number of pyridine rings is 1. The van der Waals surface area contributed by atoms with Crippen LogP contribution in [0.1, 0.15) is 17.0 Å². The number of carbonyl (C=O) groups is 1. The van der Waals surface area contributed by atoms with Gasteiger partial charge in [0.05, 0.1) is 11.9 Å². The normalized spacial score (nSPS) is 11.7. The minimum atomic E-state index is -3.36. The van der Waals surface area contributed by atoms with E-state index < -0.39 is 9.84 Å². The van der Waals surface area contributed by atoms with E-state index in [9.17, 15) is 13.2 Å². The third-order valence-electron chi connectivity index (χ3n) is 4.28. The van der Waals surface area contributed by atoms with Crippen LogP contribution in [0.25, 0.3) is 11.8 Å². The van der Waals surface area contributed by atoms with Gasteiger partial charge in [-0.05, 0) is 55.8 Å². The van der Waals surface area contributed by atoms with E-state index in [-0.39, 0.29) is 10.9 Å². The first-order valence-corrected chi connectivity index (χ1v) is 10.5. The molecule has 0 aliphatic heterocycles. The number of rotatable bonds is 5. The van der Waals surface area contributed by atoms with Crippen molar-refractivity contribution in [2.24, 2.45) is 0 Å². The zero-order valence-corrected chi connectivity index (χ0v) is 16.7. The summed E-state index contributed by atoms with van der Waals surface area (Å²) in [6, 6.07) is 14.9. The van der Waals surface area contributed by atoms with Gasteiger partial charge in [0.25, 0.3) is 0 Å². The molecule has 0 spiro atoms. The van der Waals surface area contributed by atoms with Gasteiger partial charge in [0.1, 0.15) is 0 Å². The van der Waals surface area contributed by atoms with Gasteiger partial charge in [-0.1, -0.05) is 18.2 Å². The minimum Gasteiger partial charge on any atom is -0.321 e. The maximum atomic E-state index is 12.2. The number of hydrogen-bond donors (Lipinski definition) is 1. The lowest BCUT2D eigenvalue weighted by atomic mass is 10.2. The van der Waals surface area contributed by atoms with Crippen molar-refractivity contribution in [2.45, 2.75) is 18.9 Å². The van der Waals surface area contributed by atoms with Crippen molar-refractivity contribution >= 4 is 27.5 Å². The molecule has 0 bridgehead atoms. The fourth-order valence-corrected chi connectivity index (χ4v) is 3.51. The van der Waals surface area contributed by atoms with E-state index in [0.29, 0.717) is 5.69 Å². The van der Waals surface area contributed by atoms with Gasteiger partial charge >= 0.3 is 0 Å². The smallest absolute Gasteiger partial charge is 0.248 e. The number of anilines is 1. The van der Waals surface area contributed by atoms with Crippen molar-refractivity contribution in [1.82, 2.24) is 9.55 Å². The van der Waals surface area contributed by atoms with E-state index in [1.807, 2.05) is 50.2 Å². The highest BCUT2D eigenvalue weighted by Gasteiger charge is 2.10. The van der Waals surface area contributed by atoms with Crippen molar-refractivity contribution in [1.29, 1.82) is 0 Å². The lowest BCUT2D eigenvalue weighted by Gasteiger charge is -2.09. The molecule has 0 radical (unpaired) electrons. The summed E-state index contributed by atoms with van der Waals surface area (Å²) < 4.78 is 25.0. The number of carbonyl (C=O) groups excluding carboxylic acids is 1. The Morgan fingerprint density at radius 3 is 2.43 bits per heavy atom. The zero-order chi connectivity index (χ0) is 20.3. The average molecular weight is 395 g/mol. The number of hydrogen-bond acceptors (Lipinski definition) is 4. The molecule has 0 aliphatic rings. The average Bonchev–Trinajstić information content (AvgIpc) is 2.94. The number of nitrogens with one attached hydrogen (secondary N) is 1. The summed E-state index contributed by atoms with van der Waals surface area (Å²) in [5.41, 5.74) is 4.55. The Bertz CT molecular complexity index is 1130. The van der Waals surface area contributed by atoms with Crippen LogP contribution in [0.15, 0.2) is 65.8 Å². The van der Waals surface area contributed by atoms with Crippen LogP contribution >= 0.6 is 0 Å². The Morgan fingerprint density at radius 2 is 1.82 bits per heavy atom. The highest BCUT2D eigenvalue weighted by Crippen LogP contribution is 2.21. The summed E-state index contributed by atoms with van der Waals surface area (Å²) in [5.74, 6) is -0.321. The summed E-state index contributed by atoms with van der Waals surface area (Å²) in [6.45, 7) is 4.03. The van der Waals surface area contributed by atoms with E-state index in [1.165, 1.54) is 24.4 Å². The summed E-state index contributed by atoms with van der Waals surface area (Å²) in [7, 11) is -3.36. The molecule has 0 aliphatic carbocycles. The number of amides is 1. The molecule has 0 unspecified atom stereocenters. The highest BCUT2D eigenvalue weighted by atomic mass is 32.2. The number of aryl methyl sites for hydroxylation is 1. The maximum absolute atomic E-state index is 12.2. The van der Waals surface area contributed by atoms with E-state index in [0.717, 1.165) is 28.9 Å². The number of aromatic nitrogens is 2. The lowest BCUT2D eigenvalue weighted by molar-refractivity contribution is -0.111. The molecule has 0 fully saturated rings. The number of sulfone groups is 1. The topological polar surface area (TPSA) is 81.1 Å². The maximum Gasteiger partial charge on any atom is 0.248 e. The third kappa shape index (κ3) is 4.37. The Morgan fingerprint density at radius 1 is 1.11 bits per heavy atom. The summed E-state index contributed by atoms with van der Waals surface area (Å²) >= 11 is 0. The van der Waals surface area contributed by atoms with Crippen LogP contribution in [0.2, 0.25) is 0 Å². The van der Waals surface area contributed by atoms with Crippen LogP contribution in [0.3, 0.4) is 0 Å². The fourth-order valence-electron chi connectivity index (χ4n) is 2.95. The molecule has 2 aromatic heterocycles. The predicted molar refractivity (Wildman–Crippen MR) is 110 cm³/mol. The molecule has 6 nitrogen and oxygen atoms in total. The fraction of sp³-hybridized carbons (Fsp3) is 0.143. The van der Waals surface area contributed by atoms with Gasteiger partial charge in [0, 0.05) is 29.4 Å². The third-order valence-corrected chi connectivity index (χ3v) is 5.28. The van der Waals surface area contributed by atoms with Crippen LogP contribution in [-0.4, -0.2) is 30.1 Å². The van der Waals surface area contributed by atoms with Crippen LogP contribution in [-0.2, 0) is 14.6 Å². The number of nitrogens with zero attached hydrogens (tertiary/aromatic N) is 2. The summed E-state index contributed by atoms with van der Waals surface area (Å²) in [4.78, 5) is 16.0. The molecule has 3 rings (SSSR count). The number of benzene rings is 1. The van der Waals surface area contributed by atoms with Crippen LogP contribution < -0.4 is 5.32 Å². The number of para-hydroxylation sites is 1. The van der Waals surface area contributed by atoms with Gasteiger partial charge in [0.2, 0.25) is 5.91 Å². The summed E-state index contributed by atoms with van der Waals surface area (Å²) in [5, 5.41) is 2.64. The molecular weight excluding hydrogens is 374 g/mol. The van der Waals surface area contributed by atoms with Crippen LogP contribution in [0.4, 0.5) is 5.69 Å². The Balaban J connectivity index is 1.75. The lowest BCUT2D eigenvalue weighted by Crippen LogP contribution is -2.09. The van der Waals surface area contributed by atoms with E-state index >= 15 is 0 Å². The molecule has 28 heavy (non-hydrogen) atoms. The van der Waals surface area contributed by atoms with Gasteiger partial charge in [0.15, 0.2) is 14.9 Å². The predicted octanol–water partition coefficient (Wildman–Crippen LogP) is 3.54. The van der Waals surface area contributed by atoms with Crippen LogP contribution in [0.5, 0.6) is 0 Å². The molecule has 1 amide bonds. The molecule has 7 heteroatoms. The van der Waals surface area contributed by atoms with Gasteiger partial charge in [-0.2, -0.15) is 0 Å². The molecule has 1 aromatic carbocycles. The molecule has 3 aromatic rings. The van der Waals surface area contributed by atoms with E-state index in [1.54, 1.807) is 6.08 Å². The first-order chi connectivity index (χ1) is 13.3. The molecule has 0 saturated heterocycles. The quantitative estimate of drug-likeness (QED) is 0.670. The second-order valence-corrected chi connectivity index (χ2v) is 8.44. The second kappa shape index (κ2) is 7.82. The standard InChI is InChI=1S/C21H21N3O3S/c1-15-13-17(16(2)24(15)19-7-5-4-6-8-19)9-11-20(25)23-18-10-12-21(22-14-18)28(3,26)27/h4-14H,1-3H3,(H,23,25)/b11-9+. The Labute approximate surface area is 164 Å². The van der Waals surface area contributed by atoms with Gasteiger partial charge in [-0.15, -0.1) is 0 Å². The first kappa shape index (κ1) is 19.6. The van der Waals surface area contributed by atoms with Gasteiger partial charge < -0.3 is 9.88 Å². The van der Waals surface area contributed by atoms with E-state index in [4.69, 9.17) is 0 Å². The van der Waals surface area contributed by atoms with Crippen molar-refractivity contribution in [3.05, 3.63) is 77.8 Å². The zero-order valence-electron chi connectivity index (χ0n) is 15.9. The van der Waals surface area contributed by atoms with E-state index in [2.05, 4.69) is 14.9 Å². The van der Waals surface area contributed by atoms with Crippen molar-refractivity contribution in [3.8, 4) is 5.69 Å². The SMILES string of the molecule is Cc1cc(/C=C/C(=O)Nc2ccc(S(C)(=O)=O)nc2)c(C)n1-c1ccccc1. The molecule has 144 valence electrons. The van der Waals surface area contributed by atoms with Crippen molar-refractivity contribution < 1.29 is 13.2 Å². The second-order valence-electron chi connectivity index (χ2n) is 6.48.